The average Bonchev–Trinajstić information content (AvgIpc) is 2.89. The molecule has 1 aromatic rings. The maximum absolute atomic E-state index is 8.80. The van der Waals surface area contributed by atoms with Crippen molar-refractivity contribution >= 4 is 11.7 Å². The SMILES string of the molecule is COC1CN(c2nnccc2/C(N)=N/O)CC1OC. The topological polar surface area (TPSA) is 106 Å². The zero-order valence-corrected chi connectivity index (χ0v) is 10.9. The summed E-state index contributed by atoms with van der Waals surface area (Å²) in [6.45, 7) is 1.22. The summed E-state index contributed by atoms with van der Waals surface area (Å²) >= 11 is 0. The van der Waals surface area contributed by atoms with E-state index in [0.29, 0.717) is 24.5 Å². The van der Waals surface area contributed by atoms with Crippen molar-refractivity contribution in [3.63, 3.8) is 0 Å². The zero-order chi connectivity index (χ0) is 13.8. The molecule has 0 aromatic carbocycles. The average molecular weight is 267 g/mol. The van der Waals surface area contributed by atoms with Crippen molar-refractivity contribution in [1.82, 2.24) is 10.2 Å². The van der Waals surface area contributed by atoms with E-state index >= 15 is 0 Å². The van der Waals surface area contributed by atoms with E-state index in [1.54, 1.807) is 20.3 Å². The van der Waals surface area contributed by atoms with E-state index in [-0.39, 0.29) is 18.0 Å². The van der Waals surface area contributed by atoms with Crippen molar-refractivity contribution in [3.05, 3.63) is 17.8 Å². The van der Waals surface area contributed by atoms with Crippen LogP contribution in [0.3, 0.4) is 0 Å². The summed E-state index contributed by atoms with van der Waals surface area (Å²) in [6.07, 6.45) is 1.40. The van der Waals surface area contributed by atoms with E-state index < -0.39 is 0 Å². The summed E-state index contributed by atoms with van der Waals surface area (Å²) in [6, 6.07) is 1.65. The van der Waals surface area contributed by atoms with Gasteiger partial charge in [0, 0.05) is 27.3 Å². The van der Waals surface area contributed by atoms with Gasteiger partial charge in [-0.05, 0) is 6.07 Å². The van der Waals surface area contributed by atoms with Gasteiger partial charge in [-0.1, -0.05) is 5.16 Å². The van der Waals surface area contributed by atoms with Gasteiger partial charge in [-0.3, -0.25) is 0 Å². The number of nitrogens with two attached hydrogens (primary N) is 1. The Hall–Kier alpha value is -1.93. The van der Waals surface area contributed by atoms with Gasteiger partial charge in [0.25, 0.3) is 0 Å². The van der Waals surface area contributed by atoms with Crippen LogP contribution in [0.2, 0.25) is 0 Å². The molecule has 104 valence electrons. The molecular formula is C11H17N5O3. The molecule has 0 spiro atoms. The Labute approximate surface area is 110 Å². The highest BCUT2D eigenvalue weighted by atomic mass is 16.5. The van der Waals surface area contributed by atoms with Crippen molar-refractivity contribution in [2.75, 3.05) is 32.2 Å². The molecule has 0 radical (unpaired) electrons. The maximum atomic E-state index is 8.80. The lowest BCUT2D eigenvalue weighted by molar-refractivity contribution is -0.00461. The van der Waals surface area contributed by atoms with Crippen LogP contribution in [0, 0.1) is 0 Å². The number of hydrogen-bond donors (Lipinski definition) is 2. The fourth-order valence-electron chi connectivity index (χ4n) is 2.18. The number of nitrogens with zero attached hydrogens (tertiary/aromatic N) is 4. The Bertz CT molecular complexity index is 455. The second kappa shape index (κ2) is 5.81. The molecule has 2 rings (SSSR count). The first-order valence-corrected chi connectivity index (χ1v) is 5.81. The lowest BCUT2D eigenvalue weighted by Crippen LogP contribution is -2.27. The van der Waals surface area contributed by atoms with Crippen LogP contribution in [-0.4, -0.2) is 60.8 Å². The van der Waals surface area contributed by atoms with E-state index in [0.717, 1.165) is 0 Å². The van der Waals surface area contributed by atoms with Gasteiger partial charge >= 0.3 is 0 Å². The highest BCUT2D eigenvalue weighted by Gasteiger charge is 2.35. The van der Waals surface area contributed by atoms with Gasteiger partial charge in [0.2, 0.25) is 0 Å². The fourth-order valence-corrected chi connectivity index (χ4v) is 2.18. The molecule has 1 aliphatic heterocycles. The van der Waals surface area contributed by atoms with Gasteiger partial charge in [0.1, 0.15) is 12.2 Å². The number of aromatic nitrogens is 2. The Morgan fingerprint density at radius 2 is 2.05 bits per heavy atom. The first kappa shape index (κ1) is 13.5. The molecule has 1 aromatic heterocycles. The highest BCUT2D eigenvalue weighted by Crippen LogP contribution is 2.24. The molecule has 1 aliphatic rings. The molecule has 3 N–H and O–H groups in total. The minimum Gasteiger partial charge on any atom is -0.409 e. The van der Waals surface area contributed by atoms with Gasteiger partial charge in [-0.15, -0.1) is 5.10 Å². The van der Waals surface area contributed by atoms with Crippen molar-refractivity contribution in [2.45, 2.75) is 12.2 Å². The van der Waals surface area contributed by atoms with Gasteiger partial charge in [-0.2, -0.15) is 5.10 Å². The number of anilines is 1. The lowest BCUT2D eigenvalue weighted by Gasteiger charge is -2.18. The molecule has 2 heterocycles. The molecular weight excluding hydrogens is 250 g/mol. The number of hydrogen-bond acceptors (Lipinski definition) is 7. The van der Waals surface area contributed by atoms with Crippen LogP contribution in [0.15, 0.2) is 17.4 Å². The van der Waals surface area contributed by atoms with Gasteiger partial charge < -0.3 is 25.3 Å². The molecule has 0 aliphatic carbocycles. The Morgan fingerprint density at radius 3 is 2.58 bits per heavy atom. The van der Waals surface area contributed by atoms with Crippen molar-refractivity contribution in [3.8, 4) is 0 Å². The highest BCUT2D eigenvalue weighted by molar-refractivity contribution is 6.01. The zero-order valence-electron chi connectivity index (χ0n) is 10.9. The summed E-state index contributed by atoms with van der Waals surface area (Å²) in [5.41, 5.74) is 6.17. The fraction of sp³-hybridized carbons (Fsp3) is 0.545. The van der Waals surface area contributed by atoms with E-state index in [4.69, 9.17) is 20.4 Å². The third-order valence-corrected chi connectivity index (χ3v) is 3.21. The van der Waals surface area contributed by atoms with Crippen molar-refractivity contribution in [2.24, 2.45) is 10.9 Å². The summed E-state index contributed by atoms with van der Waals surface area (Å²) in [5.74, 6) is 0.555. The van der Waals surface area contributed by atoms with Crippen LogP contribution >= 0.6 is 0 Å². The predicted octanol–water partition coefficient (Wildman–Crippen LogP) is -0.579. The maximum Gasteiger partial charge on any atom is 0.173 e. The minimum absolute atomic E-state index is 0.000247. The van der Waals surface area contributed by atoms with Crippen LogP contribution < -0.4 is 10.6 Å². The quantitative estimate of drug-likeness (QED) is 0.325. The monoisotopic (exact) mass is 267 g/mol. The molecule has 2 unspecified atom stereocenters. The molecule has 0 saturated carbocycles. The third-order valence-electron chi connectivity index (χ3n) is 3.21. The number of oxime groups is 1. The Balaban J connectivity index is 2.28. The van der Waals surface area contributed by atoms with Crippen LogP contribution in [-0.2, 0) is 9.47 Å². The van der Waals surface area contributed by atoms with Crippen LogP contribution in [0.5, 0.6) is 0 Å². The molecule has 2 atom stereocenters. The number of amidine groups is 1. The first-order valence-electron chi connectivity index (χ1n) is 5.81. The van der Waals surface area contributed by atoms with E-state index in [1.807, 2.05) is 4.90 Å². The molecule has 1 saturated heterocycles. The third kappa shape index (κ3) is 2.59. The molecule has 19 heavy (non-hydrogen) atoms. The van der Waals surface area contributed by atoms with Crippen LogP contribution in [0.1, 0.15) is 5.56 Å². The standard InChI is InChI=1S/C11H17N5O3/c1-18-8-5-16(6-9(8)19-2)11-7(10(12)15-17)3-4-13-14-11/h3-4,8-9,17H,5-6H2,1-2H3,(H2,12,15). The largest absolute Gasteiger partial charge is 0.409 e. The van der Waals surface area contributed by atoms with E-state index in [2.05, 4.69) is 15.4 Å². The van der Waals surface area contributed by atoms with Crippen LogP contribution in [0.4, 0.5) is 5.82 Å². The van der Waals surface area contributed by atoms with Gasteiger partial charge in [0.15, 0.2) is 11.7 Å². The molecule has 1 fully saturated rings. The van der Waals surface area contributed by atoms with E-state index in [1.165, 1.54) is 6.20 Å². The number of rotatable bonds is 4. The number of methoxy groups -OCH3 is 2. The number of ether oxygens (including phenoxy) is 2. The van der Waals surface area contributed by atoms with Gasteiger partial charge in [0.05, 0.1) is 11.8 Å². The summed E-state index contributed by atoms with van der Waals surface area (Å²) in [5, 5.41) is 19.7. The molecule has 8 nitrogen and oxygen atoms in total. The molecule has 0 amide bonds. The predicted molar refractivity (Wildman–Crippen MR) is 68.3 cm³/mol. The minimum atomic E-state index is -0.0489. The van der Waals surface area contributed by atoms with Gasteiger partial charge in [-0.25, -0.2) is 0 Å². The normalized spacial score (nSPS) is 23.9. The van der Waals surface area contributed by atoms with Crippen LogP contribution in [0.25, 0.3) is 0 Å². The van der Waals surface area contributed by atoms with E-state index in [9.17, 15) is 0 Å². The Morgan fingerprint density at radius 1 is 1.42 bits per heavy atom. The smallest absolute Gasteiger partial charge is 0.173 e. The Kier molecular flexibility index (Phi) is 4.13. The summed E-state index contributed by atoms with van der Waals surface area (Å²) < 4.78 is 10.7. The lowest BCUT2D eigenvalue weighted by atomic mass is 10.2. The first-order chi connectivity index (χ1) is 9.21. The second-order valence-corrected chi connectivity index (χ2v) is 4.21. The van der Waals surface area contributed by atoms with Crippen molar-refractivity contribution < 1.29 is 14.7 Å². The molecule has 0 bridgehead atoms. The summed E-state index contributed by atoms with van der Waals surface area (Å²) in [7, 11) is 3.28. The summed E-state index contributed by atoms with van der Waals surface area (Å²) in [4.78, 5) is 1.95. The van der Waals surface area contributed by atoms with Crippen molar-refractivity contribution in [1.29, 1.82) is 0 Å². The second-order valence-electron chi connectivity index (χ2n) is 4.21. The molecule has 8 heteroatoms.